The maximum absolute atomic E-state index is 12.0. The third kappa shape index (κ3) is 4.95. The summed E-state index contributed by atoms with van der Waals surface area (Å²) < 4.78 is 0. The van der Waals surface area contributed by atoms with Crippen molar-refractivity contribution < 1.29 is 9.76 Å². The molecule has 1 aromatic rings. The van der Waals surface area contributed by atoms with Crippen molar-refractivity contribution in [3.05, 3.63) is 46.3 Å². The van der Waals surface area contributed by atoms with Crippen molar-refractivity contribution >= 4 is 5.91 Å². The van der Waals surface area contributed by atoms with Gasteiger partial charge in [-0.3, -0.25) is 4.79 Å². The molecular formula is C13H18N3O3-. The molecule has 0 spiro atoms. The fourth-order valence-corrected chi connectivity index (χ4v) is 1.59. The predicted molar refractivity (Wildman–Crippen MR) is 70.5 cm³/mol. The van der Waals surface area contributed by atoms with Crippen LogP contribution in [0.5, 0.6) is 0 Å². The van der Waals surface area contributed by atoms with Crippen LogP contribution < -0.4 is 0 Å². The molecule has 0 saturated heterocycles. The van der Waals surface area contributed by atoms with Gasteiger partial charge >= 0.3 is 0 Å². The summed E-state index contributed by atoms with van der Waals surface area (Å²) in [5.74, 6) is -0.425. The topological polar surface area (TPSA) is 81.8 Å². The number of rotatable bonds is 4. The highest BCUT2D eigenvalue weighted by Gasteiger charge is 2.27. The van der Waals surface area contributed by atoms with E-state index in [-0.39, 0.29) is 23.4 Å². The smallest absolute Gasteiger partial charge is 0.282 e. The highest BCUT2D eigenvalue weighted by Crippen LogP contribution is 2.20. The Morgan fingerprint density at radius 3 is 2.37 bits per heavy atom. The lowest BCUT2D eigenvalue weighted by molar-refractivity contribution is -0.674. The number of carbonyl (C=O) groups is 1. The fourth-order valence-electron chi connectivity index (χ4n) is 1.59. The van der Waals surface area contributed by atoms with Crippen LogP contribution >= 0.6 is 0 Å². The summed E-state index contributed by atoms with van der Waals surface area (Å²) in [4.78, 5) is 11.9. The Morgan fingerprint density at radius 2 is 1.89 bits per heavy atom. The monoisotopic (exact) mass is 264 g/mol. The van der Waals surface area contributed by atoms with Crippen LogP contribution in [0.4, 0.5) is 0 Å². The molecule has 1 amide bonds. The Balaban J connectivity index is 2.87. The van der Waals surface area contributed by atoms with Gasteiger partial charge in [-0.2, -0.15) is 0 Å². The largest absolute Gasteiger partial charge is 0.737 e. The summed E-state index contributed by atoms with van der Waals surface area (Å²) in [6.45, 7) is 5.68. The molecule has 0 bridgehead atoms. The SMILES string of the molecule is CC(C)(C)CC(=O)N(Cc1ccccc1)/[N+]([O-])=N\[O-]. The van der Waals surface area contributed by atoms with Crippen LogP contribution in [0.25, 0.3) is 0 Å². The van der Waals surface area contributed by atoms with E-state index in [1.807, 2.05) is 26.8 Å². The van der Waals surface area contributed by atoms with Crippen LogP contribution in [0.15, 0.2) is 35.6 Å². The predicted octanol–water partition coefficient (Wildman–Crippen LogP) is 2.83. The quantitative estimate of drug-likeness (QED) is 0.476. The highest BCUT2D eigenvalue weighted by atomic mass is 16.6. The molecule has 6 nitrogen and oxygen atoms in total. The lowest BCUT2D eigenvalue weighted by Gasteiger charge is -2.22. The van der Waals surface area contributed by atoms with Crippen molar-refractivity contribution in [3.8, 4) is 0 Å². The number of nitrogens with zero attached hydrogens (tertiary/aromatic N) is 3. The van der Waals surface area contributed by atoms with E-state index in [2.05, 4.69) is 5.28 Å². The van der Waals surface area contributed by atoms with Gasteiger partial charge in [-0.25, -0.2) is 0 Å². The zero-order valence-electron chi connectivity index (χ0n) is 11.4. The van der Waals surface area contributed by atoms with Crippen molar-refractivity contribution in [1.82, 2.24) is 5.01 Å². The summed E-state index contributed by atoms with van der Waals surface area (Å²) in [6, 6.07) is 8.97. The van der Waals surface area contributed by atoms with Gasteiger partial charge in [0.25, 0.3) is 5.91 Å². The molecule has 0 atom stereocenters. The minimum absolute atomic E-state index is 0.0327. The van der Waals surface area contributed by atoms with Crippen molar-refractivity contribution in [3.63, 3.8) is 0 Å². The summed E-state index contributed by atoms with van der Waals surface area (Å²) in [5, 5.41) is 24.8. The number of hydrogen-bond donors (Lipinski definition) is 0. The van der Waals surface area contributed by atoms with Gasteiger partial charge in [0, 0.05) is 11.4 Å². The number of amides is 1. The summed E-state index contributed by atoms with van der Waals surface area (Å²) in [7, 11) is 0. The number of hydrogen-bond acceptors (Lipinski definition) is 4. The van der Waals surface area contributed by atoms with Gasteiger partial charge in [-0.15, -0.1) is 0 Å². The maximum Gasteiger partial charge on any atom is 0.282 e. The molecule has 1 rings (SSSR count). The van der Waals surface area contributed by atoms with Crippen LogP contribution in [-0.4, -0.2) is 15.9 Å². The Labute approximate surface area is 112 Å². The van der Waals surface area contributed by atoms with Crippen molar-refractivity contribution in [2.45, 2.75) is 33.7 Å². The molecule has 0 heterocycles. The first-order valence-electron chi connectivity index (χ1n) is 5.98. The highest BCUT2D eigenvalue weighted by molar-refractivity contribution is 5.75. The molecule has 0 unspecified atom stereocenters. The maximum atomic E-state index is 12.0. The molecule has 0 aliphatic heterocycles. The fraction of sp³-hybridized carbons (Fsp3) is 0.462. The van der Waals surface area contributed by atoms with E-state index in [9.17, 15) is 15.2 Å². The molecule has 0 aliphatic rings. The second kappa shape index (κ2) is 6.17. The number of hydrazine groups is 1. The molecule has 0 aromatic heterocycles. The van der Waals surface area contributed by atoms with Crippen molar-refractivity contribution in [2.24, 2.45) is 10.7 Å². The van der Waals surface area contributed by atoms with E-state index in [4.69, 9.17) is 0 Å². The molecule has 0 fully saturated rings. The normalized spacial score (nSPS) is 12.3. The van der Waals surface area contributed by atoms with E-state index in [1.54, 1.807) is 24.3 Å². The van der Waals surface area contributed by atoms with E-state index in [1.165, 1.54) is 0 Å². The first kappa shape index (κ1) is 14.9. The average molecular weight is 264 g/mol. The van der Waals surface area contributed by atoms with Crippen LogP contribution in [0.1, 0.15) is 32.8 Å². The van der Waals surface area contributed by atoms with Crippen molar-refractivity contribution in [2.75, 3.05) is 0 Å². The Hall–Kier alpha value is -2.11. The molecule has 1 aromatic carbocycles. The number of benzene rings is 1. The lowest BCUT2D eigenvalue weighted by atomic mass is 9.92. The minimum atomic E-state index is -0.425. The molecule has 19 heavy (non-hydrogen) atoms. The van der Waals surface area contributed by atoms with E-state index < -0.39 is 5.91 Å². The summed E-state index contributed by atoms with van der Waals surface area (Å²) >= 11 is 0. The molecule has 0 radical (unpaired) electrons. The van der Waals surface area contributed by atoms with E-state index in [0.29, 0.717) is 0 Å². The average Bonchev–Trinajstić information content (AvgIpc) is 2.34. The van der Waals surface area contributed by atoms with Gasteiger partial charge in [-0.05, 0) is 16.3 Å². The summed E-state index contributed by atoms with van der Waals surface area (Å²) in [6.07, 6.45) is 0.161. The standard InChI is InChI=1S/C13H19N3O3/c1-13(2,3)9-12(17)15(16(19)14-18)10-11-7-5-4-6-8-11/h4-8,18H,9-10H2,1-3H3/p-1/b16-14+. The number of carbonyl (C=O) groups excluding carboxylic acids is 1. The minimum Gasteiger partial charge on any atom is -0.737 e. The molecule has 104 valence electrons. The molecule has 6 heteroatoms. The second-order valence-electron chi connectivity index (χ2n) is 5.51. The van der Waals surface area contributed by atoms with Crippen LogP contribution in [-0.2, 0) is 11.3 Å². The van der Waals surface area contributed by atoms with Gasteiger partial charge in [0.2, 0.25) is 0 Å². The molecule has 0 N–H and O–H groups in total. The molecule has 0 saturated carbocycles. The third-order valence-corrected chi connectivity index (χ3v) is 2.42. The zero-order valence-corrected chi connectivity index (χ0v) is 11.4. The van der Waals surface area contributed by atoms with Crippen LogP contribution in [0.3, 0.4) is 0 Å². The third-order valence-electron chi connectivity index (χ3n) is 2.42. The first-order chi connectivity index (χ1) is 8.83. The second-order valence-corrected chi connectivity index (χ2v) is 5.51. The Kier molecular flexibility index (Phi) is 4.86. The van der Waals surface area contributed by atoms with Gasteiger partial charge in [0.15, 0.2) is 0 Å². The molecule has 0 aliphatic carbocycles. The van der Waals surface area contributed by atoms with Gasteiger partial charge < -0.3 is 10.4 Å². The van der Waals surface area contributed by atoms with Crippen LogP contribution in [0.2, 0.25) is 0 Å². The van der Waals surface area contributed by atoms with Crippen LogP contribution in [0, 0.1) is 15.8 Å². The first-order valence-corrected chi connectivity index (χ1v) is 5.98. The lowest BCUT2D eigenvalue weighted by Crippen LogP contribution is -2.38. The Bertz CT molecular complexity index is 452. The Morgan fingerprint density at radius 1 is 1.32 bits per heavy atom. The zero-order chi connectivity index (χ0) is 14.5. The van der Waals surface area contributed by atoms with E-state index in [0.717, 1.165) is 10.6 Å². The van der Waals surface area contributed by atoms with Gasteiger partial charge in [0.1, 0.15) is 6.54 Å². The summed E-state index contributed by atoms with van der Waals surface area (Å²) in [5.41, 5.74) is 0.490. The van der Waals surface area contributed by atoms with E-state index >= 15 is 0 Å². The van der Waals surface area contributed by atoms with Gasteiger partial charge in [-0.1, -0.05) is 56.1 Å². The van der Waals surface area contributed by atoms with Gasteiger partial charge in [0.05, 0.1) is 0 Å². The molecular weight excluding hydrogens is 246 g/mol. The van der Waals surface area contributed by atoms with Crippen molar-refractivity contribution in [1.29, 1.82) is 0 Å².